The molecule has 1 heterocycles. The summed E-state index contributed by atoms with van der Waals surface area (Å²) in [6.45, 7) is 7.05. The molecule has 5 nitrogen and oxygen atoms in total. The predicted molar refractivity (Wildman–Crippen MR) is 62.9 cm³/mol. The number of rotatable bonds is 3. The predicted octanol–water partition coefficient (Wildman–Crippen LogP) is 1.66. The molecule has 0 atom stereocenters. The van der Waals surface area contributed by atoms with E-state index in [1.165, 1.54) is 6.26 Å². The number of hydrogen-bond acceptors (Lipinski definition) is 5. The molecule has 0 aliphatic carbocycles. The molecule has 0 radical (unpaired) electrons. The van der Waals surface area contributed by atoms with Crippen molar-refractivity contribution in [2.45, 2.75) is 38.4 Å². The monoisotopic (exact) mass is 246 g/mol. The summed E-state index contributed by atoms with van der Waals surface area (Å²) >= 11 is 0. The van der Waals surface area contributed by atoms with Gasteiger partial charge in [0.1, 0.15) is 10.4 Å². The van der Waals surface area contributed by atoms with E-state index in [2.05, 4.69) is 5.16 Å². The van der Waals surface area contributed by atoms with Crippen LogP contribution >= 0.6 is 0 Å². The summed E-state index contributed by atoms with van der Waals surface area (Å²) in [5.74, 6) is 0.268. The van der Waals surface area contributed by atoms with E-state index in [4.69, 9.17) is 10.3 Å². The largest absolute Gasteiger partial charge is 0.367 e. The van der Waals surface area contributed by atoms with Crippen LogP contribution in [-0.4, -0.2) is 19.8 Å². The van der Waals surface area contributed by atoms with E-state index < -0.39 is 14.6 Å². The van der Waals surface area contributed by atoms with Crippen molar-refractivity contribution in [3.05, 3.63) is 11.3 Å². The average Bonchev–Trinajstić information content (AvgIpc) is 2.45. The minimum atomic E-state index is -3.28. The number of anilines is 1. The molecule has 0 amide bonds. The van der Waals surface area contributed by atoms with Gasteiger partial charge in [-0.15, -0.1) is 0 Å². The Bertz CT molecular complexity index is 486. The zero-order chi connectivity index (χ0) is 12.7. The summed E-state index contributed by atoms with van der Waals surface area (Å²) < 4.78 is 27.2. The van der Waals surface area contributed by atoms with Crippen molar-refractivity contribution in [1.82, 2.24) is 5.16 Å². The fourth-order valence-electron chi connectivity index (χ4n) is 1.48. The van der Waals surface area contributed by atoms with Crippen LogP contribution in [-0.2, 0) is 14.6 Å². The molecule has 6 heteroatoms. The van der Waals surface area contributed by atoms with Crippen molar-refractivity contribution in [2.24, 2.45) is 0 Å². The fourth-order valence-corrected chi connectivity index (χ4v) is 1.98. The van der Waals surface area contributed by atoms with E-state index in [9.17, 15) is 8.42 Å². The second kappa shape index (κ2) is 3.76. The zero-order valence-corrected chi connectivity index (χ0v) is 11.1. The van der Waals surface area contributed by atoms with Crippen molar-refractivity contribution in [3.63, 3.8) is 0 Å². The highest BCUT2D eigenvalue weighted by Gasteiger charge is 2.39. The summed E-state index contributed by atoms with van der Waals surface area (Å²) in [6, 6.07) is 0. The molecule has 0 saturated heterocycles. The standard InChI is InChI=1S/C10H18N2O3S/c1-6(2)7-8(12-15-9(7)11)10(3,4)16(5,13)14/h6H,11H2,1-5H3. The smallest absolute Gasteiger partial charge is 0.225 e. The summed E-state index contributed by atoms with van der Waals surface area (Å²) in [5, 5.41) is 3.80. The zero-order valence-electron chi connectivity index (χ0n) is 10.2. The van der Waals surface area contributed by atoms with Crippen molar-refractivity contribution < 1.29 is 12.9 Å². The molecule has 1 rings (SSSR count). The Hall–Kier alpha value is -1.04. The third-order valence-electron chi connectivity index (χ3n) is 2.83. The number of nitrogens with two attached hydrogens (primary N) is 1. The number of hydrogen-bond donors (Lipinski definition) is 1. The van der Waals surface area contributed by atoms with E-state index in [0.29, 0.717) is 11.3 Å². The minimum Gasteiger partial charge on any atom is -0.367 e. The van der Waals surface area contributed by atoms with Crippen molar-refractivity contribution in [2.75, 3.05) is 12.0 Å². The highest BCUT2D eigenvalue weighted by atomic mass is 32.2. The van der Waals surface area contributed by atoms with Crippen LogP contribution in [0.5, 0.6) is 0 Å². The van der Waals surface area contributed by atoms with Crippen LogP contribution in [0.2, 0.25) is 0 Å². The lowest BCUT2D eigenvalue weighted by molar-refractivity contribution is 0.416. The van der Waals surface area contributed by atoms with Gasteiger partial charge in [0.25, 0.3) is 0 Å². The van der Waals surface area contributed by atoms with Crippen LogP contribution in [0, 0.1) is 0 Å². The van der Waals surface area contributed by atoms with E-state index in [0.717, 1.165) is 0 Å². The Morgan fingerprint density at radius 2 is 1.88 bits per heavy atom. The Morgan fingerprint density at radius 1 is 1.38 bits per heavy atom. The first-order valence-electron chi connectivity index (χ1n) is 5.04. The normalized spacial score (nSPS) is 13.4. The molecule has 1 aromatic heterocycles. The van der Waals surface area contributed by atoms with Gasteiger partial charge in [-0.1, -0.05) is 19.0 Å². The second-order valence-corrected chi connectivity index (χ2v) is 7.31. The van der Waals surface area contributed by atoms with E-state index in [1.54, 1.807) is 13.8 Å². The fraction of sp³-hybridized carbons (Fsp3) is 0.700. The molecular formula is C10H18N2O3S. The van der Waals surface area contributed by atoms with E-state index in [1.807, 2.05) is 13.8 Å². The quantitative estimate of drug-likeness (QED) is 0.876. The molecule has 0 bridgehead atoms. The topological polar surface area (TPSA) is 86.2 Å². The maximum absolute atomic E-state index is 11.7. The Balaban J connectivity index is 3.46. The van der Waals surface area contributed by atoms with Crippen molar-refractivity contribution in [1.29, 1.82) is 0 Å². The van der Waals surface area contributed by atoms with Crippen LogP contribution < -0.4 is 5.73 Å². The van der Waals surface area contributed by atoms with Gasteiger partial charge in [0.2, 0.25) is 5.88 Å². The molecule has 0 aliphatic rings. The molecule has 2 N–H and O–H groups in total. The lowest BCUT2D eigenvalue weighted by atomic mass is 9.96. The third-order valence-corrected chi connectivity index (χ3v) is 4.88. The van der Waals surface area contributed by atoms with Gasteiger partial charge >= 0.3 is 0 Å². The maximum atomic E-state index is 11.7. The molecule has 0 saturated carbocycles. The molecule has 0 aliphatic heterocycles. The first-order chi connectivity index (χ1) is 7.09. The number of nitrogens with zero attached hydrogens (tertiary/aromatic N) is 1. The Kier molecular flexibility index (Phi) is 3.06. The minimum absolute atomic E-state index is 0.0716. The molecule has 0 unspecified atom stereocenters. The number of sulfone groups is 1. The number of aromatic nitrogens is 1. The molecule has 16 heavy (non-hydrogen) atoms. The molecule has 1 aromatic rings. The van der Waals surface area contributed by atoms with Crippen LogP contribution in [0.1, 0.15) is 44.9 Å². The molecule has 92 valence electrons. The van der Waals surface area contributed by atoms with Gasteiger partial charge in [0, 0.05) is 11.8 Å². The SMILES string of the molecule is CC(C)c1c(C(C)(C)S(C)(=O)=O)noc1N. The van der Waals surface area contributed by atoms with Crippen LogP contribution in [0.25, 0.3) is 0 Å². The van der Waals surface area contributed by atoms with Gasteiger partial charge in [-0.25, -0.2) is 8.42 Å². The van der Waals surface area contributed by atoms with Gasteiger partial charge < -0.3 is 10.3 Å². The van der Waals surface area contributed by atoms with Crippen LogP contribution in [0.15, 0.2) is 4.52 Å². The van der Waals surface area contributed by atoms with E-state index in [-0.39, 0.29) is 11.8 Å². The van der Waals surface area contributed by atoms with Gasteiger partial charge in [0.15, 0.2) is 9.84 Å². The lowest BCUT2D eigenvalue weighted by Gasteiger charge is -2.21. The molecule has 0 aromatic carbocycles. The van der Waals surface area contributed by atoms with Crippen LogP contribution in [0.3, 0.4) is 0 Å². The Morgan fingerprint density at radius 3 is 2.25 bits per heavy atom. The lowest BCUT2D eigenvalue weighted by Crippen LogP contribution is -2.29. The van der Waals surface area contributed by atoms with Crippen LogP contribution in [0.4, 0.5) is 5.88 Å². The third kappa shape index (κ3) is 1.93. The summed E-state index contributed by atoms with van der Waals surface area (Å²) in [4.78, 5) is 0. The van der Waals surface area contributed by atoms with Crippen molar-refractivity contribution in [3.8, 4) is 0 Å². The van der Waals surface area contributed by atoms with Gasteiger partial charge in [-0.05, 0) is 19.8 Å². The second-order valence-electron chi connectivity index (χ2n) is 4.75. The number of nitrogen functional groups attached to an aromatic ring is 1. The van der Waals surface area contributed by atoms with E-state index >= 15 is 0 Å². The summed E-state index contributed by atoms with van der Waals surface area (Å²) in [5.41, 5.74) is 6.74. The maximum Gasteiger partial charge on any atom is 0.225 e. The van der Waals surface area contributed by atoms with Gasteiger partial charge in [-0.2, -0.15) is 0 Å². The Labute approximate surface area is 95.9 Å². The summed E-state index contributed by atoms with van der Waals surface area (Å²) in [6.07, 6.45) is 1.18. The van der Waals surface area contributed by atoms with Gasteiger partial charge in [-0.3, -0.25) is 0 Å². The first-order valence-corrected chi connectivity index (χ1v) is 6.93. The molecular weight excluding hydrogens is 228 g/mol. The van der Waals surface area contributed by atoms with Crippen molar-refractivity contribution >= 4 is 15.7 Å². The molecule has 0 fully saturated rings. The highest BCUT2D eigenvalue weighted by molar-refractivity contribution is 7.91. The average molecular weight is 246 g/mol. The highest BCUT2D eigenvalue weighted by Crippen LogP contribution is 2.36. The summed E-state index contributed by atoms with van der Waals surface area (Å²) in [7, 11) is -3.28. The molecule has 0 spiro atoms. The van der Waals surface area contributed by atoms with Gasteiger partial charge in [0.05, 0.1) is 0 Å². The first kappa shape index (κ1) is 13.0.